The molecule has 6 nitrogen and oxygen atoms in total. The van der Waals surface area contributed by atoms with Crippen LogP contribution in [0.2, 0.25) is 0 Å². The Morgan fingerprint density at radius 3 is 3.00 bits per heavy atom. The molecule has 0 bridgehead atoms. The van der Waals surface area contributed by atoms with E-state index in [9.17, 15) is 4.79 Å². The number of benzene rings is 1. The average molecular weight is 299 g/mol. The van der Waals surface area contributed by atoms with Crippen LogP contribution in [0.1, 0.15) is 16.2 Å². The highest BCUT2D eigenvalue weighted by Crippen LogP contribution is 2.16. The highest BCUT2D eigenvalue weighted by molar-refractivity contribution is 7.71. The molecule has 1 amide bonds. The molecule has 0 atom stereocenters. The van der Waals surface area contributed by atoms with Crippen molar-refractivity contribution in [1.29, 1.82) is 0 Å². The number of rotatable bonds is 3. The molecular weight excluding hydrogens is 286 g/mol. The molecule has 0 spiro atoms. The van der Waals surface area contributed by atoms with Crippen LogP contribution >= 0.6 is 12.2 Å². The van der Waals surface area contributed by atoms with Crippen molar-refractivity contribution in [2.24, 2.45) is 7.05 Å². The van der Waals surface area contributed by atoms with Gasteiger partial charge in [-0.2, -0.15) is 5.10 Å². The molecule has 2 N–H and O–H groups in total. The van der Waals surface area contributed by atoms with Crippen LogP contribution in [0.3, 0.4) is 0 Å². The summed E-state index contributed by atoms with van der Waals surface area (Å²) in [4.78, 5) is 16.6. The summed E-state index contributed by atoms with van der Waals surface area (Å²) in [7, 11) is 1.80. The third kappa shape index (κ3) is 2.55. The molecule has 0 radical (unpaired) electrons. The standard InChI is InChI=1S/C14H13N5OS/c1-19-12(17-18-14(19)21)8-16-13(20)10-4-2-6-11-9(10)5-3-7-15-11/h2-7H,8H2,1H3,(H,16,20)(H,18,21). The number of H-pyrrole nitrogens is 1. The number of amides is 1. The van der Waals surface area contributed by atoms with Gasteiger partial charge in [-0.3, -0.25) is 14.9 Å². The van der Waals surface area contributed by atoms with E-state index in [4.69, 9.17) is 12.2 Å². The van der Waals surface area contributed by atoms with E-state index >= 15 is 0 Å². The number of hydrogen-bond donors (Lipinski definition) is 2. The maximum absolute atomic E-state index is 12.3. The van der Waals surface area contributed by atoms with Crippen molar-refractivity contribution in [3.05, 3.63) is 52.7 Å². The normalized spacial score (nSPS) is 10.7. The molecule has 0 aliphatic heterocycles. The molecule has 0 aliphatic carbocycles. The highest BCUT2D eigenvalue weighted by Gasteiger charge is 2.11. The third-order valence-electron chi connectivity index (χ3n) is 3.27. The van der Waals surface area contributed by atoms with Crippen molar-refractivity contribution in [2.45, 2.75) is 6.54 Å². The predicted octanol–water partition coefficient (Wildman–Crippen LogP) is 1.96. The maximum Gasteiger partial charge on any atom is 0.252 e. The summed E-state index contributed by atoms with van der Waals surface area (Å²) in [5.74, 6) is 0.509. The second kappa shape index (κ2) is 5.45. The monoisotopic (exact) mass is 299 g/mol. The van der Waals surface area contributed by atoms with Crippen LogP contribution < -0.4 is 5.32 Å². The van der Waals surface area contributed by atoms with Crippen LogP contribution in [-0.4, -0.2) is 25.7 Å². The fraction of sp³-hybridized carbons (Fsp3) is 0.143. The molecule has 106 valence electrons. The molecule has 7 heteroatoms. The summed E-state index contributed by atoms with van der Waals surface area (Å²) in [5.41, 5.74) is 1.39. The van der Waals surface area contributed by atoms with Crippen LogP contribution in [0.15, 0.2) is 36.5 Å². The molecule has 3 aromatic rings. The lowest BCUT2D eigenvalue weighted by molar-refractivity contribution is 0.0951. The van der Waals surface area contributed by atoms with Gasteiger partial charge in [0.05, 0.1) is 12.1 Å². The minimum Gasteiger partial charge on any atom is -0.345 e. The smallest absolute Gasteiger partial charge is 0.252 e. The van der Waals surface area contributed by atoms with Gasteiger partial charge in [0.25, 0.3) is 5.91 Å². The van der Waals surface area contributed by atoms with Crippen molar-refractivity contribution in [2.75, 3.05) is 0 Å². The second-order valence-electron chi connectivity index (χ2n) is 4.56. The maximum atomic E-state index is 12.3. The molecule has 2 aromatic heterocycles. The number of nitrogens with zero attached hydrogens (tertiary/aromatic N) is 3. The van der Waals surface area contributed by atoms with E-state index in [2.05, 4.69) is 20.5 Å². The van der Waals surface area contributed by atoms with Gasteiger partial charge in [-0.05, 0) is 30.4 Å². The van der Waals surface area contributed by atoms with Gasteiger partial charge in [-0.15, -0.1) is 0 Å². The number of nitrogens with one attached hydrogen (secondary N) is 2. The first-order chi connectivity index (χ1) is 10.2. The summed E-state index contributed by atoms with van der Waals surface area (Å²) < 4.78 is 2.24. The van der Waals surface area contributed by atoms with Crippen molar-refractivity contribution in [3.8, 4) is 0 Å². The second-order valence-corrected chi connectivity index (χ2v) is 4.95. The van der Waals surface area contributed by atoms with Crippen molar-refractivity contribution in [1.82, 2.24) is 25.1 Å². The Hall–Kier alpha value is -2.54. The molecule has 0 fully saturated rings. The van der Waals surface area contributed by atoms with Gasteiger partial charge in [0.1, 0.15) is 0 Å². The number of carbonyl (C=O) groups excluding carboxylic acids is 1. The Balaban J connectivity index is 1.84. The van der Waals surface area contributed by atoms with Gasteiger partial charge >= 0.3 is 0 Å². The van der Waals surface area contributed by atoms with E-state index in [0.29, 0.717) is 22.7 Å². The summed E-state index contributed by atoms with van der Waals surface area (Å²) in [6.07, 6.45) is 1.71. The predicted molar refractivity (Wildman–Crippen MR) is 81.3 cm³/mol. The third-order valence-corrected chi connectivity index (χ3v) is 3.63. The minimum absolute atomic E-state index is 0.164. The lowest BCUT2D eigenvalue weighted by atomic mass is 10.1. The fourth-order valence-corrected chi connectivity index (χ4v) is 2.24. The van der Waals surface area contributed by atoms with E-state index in [-0.39, 0.29) is 5.91 Å². The van der Waals surface area contributed by atoms with Crippen LogP contribution in [0.4, 0.5) is 0 Å². The number of pyridine rings is 1. The van der Waals surface area contributed by atoms with Gasteiger partial charge in [-0.25, -0.2) is 0 Å². The van der Waals surface area contributed by atoms with E-state index in [0.717, 1.165) is 10.9 Å². The molecule has 0 unspecified atom stereocenters. The average Bonchev–Trinajstić information content (AvgIpc) is 2.84. The largest absolute Gasteiger partial charge is 0.345 e. The molecule has 3 rings (SSSR count). The zero-order valence-corrected chi connectivity index (χ0v) is 12.1. The van der Waals surface area contributed by atoms with E-state index in [1.807, 2.05) is 24.3 Å². The molecule has 0 aliphatic rings. The number of fused-ring (bicyclic) bond motifs is 1. The molecule has 0 saturated heterocycles. The van der Waals surface area contributed by atoms with Gasteiger partial charge in [0.15, 0.2) is 10.6 Å². The zero-order chi connectivity index (χ0) is 14.8. The minimum atomic E-state index is -0.164. The quantitative estimate of drug-likeness (QED) is 0.725. The van der Waals surface area contributed by atoms with Crippen LogP contribution in [0.5, 0.6) is 0 Å². The number of aromatic nitrogens is 4. The first-order valence-corrected chi connectivity index (χ1v) is 6.80. The Bertz CT molecular complexity index is 862. The topological polar surface area (TPSA) is 75.6 Å². The van der Waals surface area contributed by atoms with Gasteiger partial charge < -0.3 is 9.88 Å². The molecule has 0 saturated carbocycles. The van der Waals surface area contributed by atoms with Crippen molar-refractivity contribution in [3.63, 3.8) is 0 Å². The Kier molecular flexibility index (Phi) is 3.49. The fourth-order valence-electron chi connectivity index (χ4n) is 2.09. The van der Waals surface area contributed by atoms with Gasteiger partial charge in [0, 0.05) is 24.2 Å². The molecule has 2 heterocycles. The Morgan fingerprint density at radius 2 is 2.24 bits per heavy atom. The first kappa shape index (κ1) is 13.4. The summed E-state index contributed by atoms with van der Waals surface area (Å²) in [6.45, 7) is 0.305. The Labute approximate surface area is 125 Å². The van der Waals surface area contributed by atoms with Crippen LogP contribution in [0.25, 0.3) is 10.9 Å². The van der Waals surface area contributed by atoms with Crippen LogP contribution in [0, 0.1) is 4.77 Å². The number of carbonyl (C=O) groups is 1. The van der Waals surface area contributed by atoms with E-state index < -0.39 is 0 Å². The number of hydrogen-bond acceptors (Lipinski definition) is 4. The van der Waals surface area contributed by atoms with E-state index in [1.54, 1.807) is 23.9 Å². The van der Waals surface area contributed by atoms with Gasteiger partial charge in [-0.1, -0.05) is 12.1 Å². The SMILES string of the molecule is Cn1c(CNC(=O)c2cccc3ncccc23)n[nH]c1=S. The summed E-state index contributed by atoms with van der Waals surface area (Å²) >= 11 is 5.03. The molecule has 21 heavy (non-hydrogen) atoms. The molecular formula is C14H13N5OS. The first-order valence-electron chi connectivity index (χ1n) is 6.39. The van der Waals surface area contributed by atoms with Crippen molar-refractivity contribution < 1.29 is 4.79 Å². The van der Waals surface area contributed by atoms with Crippen LogP contribution in [-0.2, 0) is 13.6 Å². The lowest BCUT2D eigenvalue weighted by Gasteiger charge is -2.07. The van der Waals surface area contributed by atoms with Crippen molar-refractivity contribution >= 4 is 29.0 Å². The molecule has 1 aromatic carbocycles. The lowest BCUT2D eigenvalue weighted by Crippen LogP contribution is -2.24. The van der Waals surface area contributed by atoms with Gasteiger partial charge in [0.2, 0.25) is 0 Å². The summed E-state index contributed by atoms with van der Waals surface area (Å²) in [6, 6.07) is 9.18. The summed E-state index contributed by atoms with van der Waals surface area (Å²) in [5, 5.41) is 10.4. The zero-order valence-electron chi connectivity index (χ0n) is 11.3. The Morgan fingerprint density at radius 1 is 1.38 bits per heavy atom. The number of aromatic amines is 1. The van der Waals surface area contributed by atoms with E-state index in [1.165, 1.54) is 0 Å². The highest BCUT2D eigenvalue weighted by atomic mass is 32.1.